The third kappa shape index (κ3) is 5.61. The van der Waals surface area contributed by atoms with Crippen LogP contribution in [0.3, 0.4) is 0 Å². The van der Waals surface area contributed by atoms with E-state index in [1.165, 1.54) is 19.3 Å². The highest BCUT2D eigenvalue weighted by Gasteiger charge is 2.26. The summed E-state index contributed by atoms with van der Waals surface area (Å²) in [5.41, 5.74) is 0.491. The van der Waals surface area contributed by atoms with Gasteiger partial charge in [-0.25, -0.2) is 9.18 Å². The molecule has 1 amide bonds. The van der Waals surface area contributed by atoms with Crippen LogP contribution in [0.1, 0.15) is 18.4 Å². The maximum absolute atomic E-state index is 13.0. The molecular weight excluding hydrogens is 291 g/mol. The van der Waals surface area contributed by atoms with Crippen molar-refractivity contribution in [2.45, 2.75) is 25.5 Å². The van der Waals surface area contributed by atoms with Crippen LogP contribution in [0.2, 0.25) is 0 Å². The van der Waals surface area contributed by atoms with Crippen LogP contribution in [0, 0.1) is 5.82 Å². The fourth-order valence-electron chi connectivity index (χ4n) is 1.75. The molecule has 0 aromatic carbocycles. The van der Waals surface area contributed by atoms with Gasteiger partial charge in [0.15, 0.2) is 6.04 Å². The van der Waals surface area contributed by atoms with Gasteiger partial charge < -0.3 is 14.7 Å². The predicted molar refractivity (Wildman–Crippen MR) is 77.5 cm³/mol. The first-order chi connectivity index (χ1) is 10.5. The van der Waals surface area contributed by atoms with Gasteiger partial charge in [0, 0.05) is 19.7 Å². The Bertz CT molecular complexity index is 536. The van der Waals surface area contributed by atoms with E-state index in [4.69, 9.17) is 4.74 Å². The lowest BCUT2D eigenvalue weighted by molar-refractivity contribution is -0.151. The molecule has 0 aliphatic heterocycles. The summed E-state index contributed by atoms with van der Waals surface area (Å²) in [5.74, 6) is -1.96. The molecule has 22 heavy (non-hydrogen) atoms. The maximum Gasteiger partial charge on any atom is 0.328 e. The number of hydrogen-bond donors (Lipinski definition) is 1. The Labute approximate surface area is 128 Å². The maximum atomic E-state index is 13.0. The Kier molecular flexibility index (Phi) is 7.18. The number of allylic oxidation sites excluding steroid dienone is 1. The van der Waals surface area contributed by atoms with Crippen molar-refractivity contribution in [3.05, 3.63) is 42.5 Å². The molecule has 0 saturated heterocycles. The van der Waals surface area contributed by atoms with Gasteiger partial charge in [0.2, 0.25) is 5.91 Å². The molecule has 0 spiro atoms. The van der Waals surface area contributed by atoms with Gasteiger partial charge in [-0.15, -0.1) is 6.58 Å². The molecule has 7 heteroatoms. The minimum absolute atomic E-state index is 0.0171. The lowest BCUT2D eigenvalue weighted by atomic mass is 10.2. The lowest BCUT2D eigenvalue weighted by Crippen LogP contribution is -2.45. The molecule has 1 heterocycles. The number of carboxylic acids is 1. The first-order valence-electron chi connectivity index (χ1n) is 6.72. The average Bonchev–Trinajstić information content (AvgIpc) is 2.48. The van der Waals surface area contributed by atoms with Gasteiger partial charge in [-0.1, -0.05) is 6.08 Å². The largest absolute Gasteiger partial charge is 0.480 e. The number of carbonyl (C=O) groups is 2. The van der Waals surface area contributed by atoms with Crippen molar-refractivity contribution in [3.8, 4) is 0 Å². The molecule has 0 saturated carbocycles. The second-order valence-electron chi connectivity index (χ2n) is 4.71. The number of aliphatic carboxylic acids is 1. The van der Waals surface area contributed by atoms with E-state index in [1.54, 1.807) is 6.08 Å². The number of carboxylic acid groups (broad SMARTS) is 1. The van der Waals surface area contributed by atoms with Crippen LogP contribution in [0.15, 0.2) is 31.1 Å². The van der Waals surface area contributed by atoms with E-state index in [0.717, 1.165) is 11.1 Å². The minimum atomic E-state index is -1.16. The van der Waals surface area contributed by atoms with Crippen molar-refractivity contribution in [1.29, 1.82) is 0 Å². The second-order valence-corrected chi connectivity index (χ2v) is 4.71. The average molecular weight is 310 g/mol. The summed E-state index contributed by atoms with van der Waals surface area (Å²) < 4.78 is 18.2. The number of carbonyl (C=O) groups excluding carboxylic acids is 1. The highest BCUT2D eigenvalue weighted by molar-refractivity contribution is 5.83. The summed E-state index contributed by atoms with van der Waals surface area (Å²) in [4.78, 5) is 27.9. The second kappa shape index (κ2) is 8.89. The topological polar surface area (TPSA) is 79.7 Å². The van der Waals surface area contributed by atoms with Crippen LogP contribution in [-0.4, -0.2) is 46.6 Å². The molecule has 1 N–H and O–H groups in total. The van der Waals surface area contributed by atoms with Gasteiger partial charge in [0.1, 0.15) is 5.82 Å². The molecule has 1 rings (SSSR count). The quantitative estimate of drug-likeness (QED) is 0.701. The van der Waals surface area contributed by atoms with E-state index < -0.39 is 17.8 Å². The van der Waals surface area contributed by atoms with E-state index in [1.807, 2.05) is 0 Å². The van der Waals surface area contributed by atoms with Gasteiger partial charge in [0.05, 0.1) is 19.4 Å². The van der Waals surface area contributed by atoms with Crippen molar-refractivity contribution in [2.24, 2.45) is 0 Å². The van der Waals surface area contributed by atoms with Gasteiger partial charge in [-0.05, 0) is 18.1 Å². The first-order valence-corrected chi connectivity index (χ1v) is 6.72. The lowest BCUT2D eigenvalue weighted by Gasteiger charge is -2.24. The smallest absolute Gasteiger partial charge is 0.328 e. The van der Waals surface area contributed by atoms with Crippen LogP contribution in [-0.2, 0) is 20.9 Å². The number of halogens is 1. The highest BCUT2D eigenvalue weighted by Crippen LogP contribution is 2.07. The summed E-state index contributed by atoms with van der Waals surface area (Å²) >= 11 is 0. The SMILES string of the molecule is C=CCCC(=O)N(C)[C@@H](COCc1cncc(F)c1)C(=O)O. The molecule has 0 aliphatic carbocycles. The van der Waals surface area contributed by atoms with Crippen molar-refractivity contribution in [1.82, 2.24) is 9.88 Å². The van der Waals surface area contributed by atoms with E-state index in [0.29, 0.717) is 12.0 Å². The molecule has 0 unspecified atom stereocenters. The summed E-state index contributed by atoms with van der Waals surface area (Å²) in [6.07, 6.45) is 4.76. The molecule has 1 atom stereocenters. The van der Waals surface area contributed by atoms with Crippen LogP contribution in [0.25, 0.3) is 0 Å². The van der Waals surface area contributed by atoms with Crippen molar-refractivity contribution < 1.29 is 23.8 Å². The van der Waals surface area contributed by atoms with E-state index in [9.17, 15) is 19.1 Å². The van der Waals surface area contributed by atoms with Crippen LogP contribution in [0.5, 0.6) is 0 Å². The number of amides is 1. The summed E-state index contributed by atoms with van der Waals surface area (Å²) in [6.45, 7) is 3.34. The zero-order chi connectivity index (χ0) is 16.5. The summed E-state index contributed by atoms with van der Waals surface area (Å²) in [5, 5.41) is 9.19. The number of likely N-dealkylation sites (N-methyl/N-ethyl adjacent to an activating group) is 1. The number of nitrogens with zero attached hydrogens (tertiary/aromatic N) is 2. The van der Waals surface area contributed by atoms with E-state index >= 15 is 0 Å². The van der Waals surface area contributed by atoms with Gasteiger partial charge in [-0.2, -0.15) is 0 Å². The molecule has 6 nitrogen and oxygen atoms in total. The Morgan fingerprint density at radius 2 is 2.27 bits per heavy atom. The van der Waals surface area contributed by atoms with E-state index in [-0.39, 0.29) is 25.5 Å². The van der Waals surface area contributed by atoms with Crippen LogP contribution >= 0.6 is 0 Å². The number of ether oxygens (including phenoxy) is 1. The normalized spacial score (nSPS) is 11.7. The monoisotopic (exact) mass is 310 g/mol. The first kappa shape index (κ1) is 17.8. The number of pyridine rings is 1. The highest BCUT2D eigenvalue weighted by atomic mass is 19.1. The molecule has 0 aliphatic rings. The van der Waals surface area contributed by atoms with Crippen molar-refractivity contribution in [3.63, 3.8) is 0 Å². The Morgan fingerprint density at radius 3 is 2.86 bits per heavy atom. The van der Waals surface area contributed by atoms with Gasteiger partial charge in [0.25, 0.3) is 0 Å². The van der Waals surface area contributed by atoms with Crippen LogP contribution in [0.4, 0.5) is 4.39 Å². The third-order valence-electron chi connectivity index (χ3n) is 3.01. The number of aromatic nitrogens is 1. The Hall–Kier alpha value is -2.28. The minimum Gasteiger partial charge on any atom is -0.480 e. The predicted octanol–water partition coefficient (Wildman–Crippen LogP) is 1.62. The molecule has 0 fully saturated rings. The van der Waals surface area contributed by atoms with Crippen molar-refractivity contribution >= 4 is 11.9 Å². The van der Waals surface area contributed by atoms with Gasteiger partial charge in [-0.3, -0.25) is 9.78 Å². The number of rotatable bonds is 9. The standard InChI is InChI=1S/C15H19FN2O4/c1-3-4-5-14(19)18(2)13(15(20)21)10-22-9-11-6-12(16)8-17-7-11/h3,6-8,13H,1,4-5,9-10H2,2H3,(H,20,21)/t13-/m0/s1. The molecular formula is C15H19FN2O4. The molecule has 120 valence electrons. The zero-order valence-electron chi connectivity index (χ0n) is 12.4. The number of hydrogen-bond acceptors (Lipinski definition) is 4. The van der Waals surface area contributed by atoms with Gasteiger partial charge >= 0.3 is 5.97 Å². The molecule has 0 bridgehead atoms. The fraction of sp³-hybridized carbons (Fsp3) is 0.400. The Morgan fingerprint density at radius 1 is 1.55 bits per heavy atom. The van der Waals surface area contributed by atoms with E-state index in [2.05, 4.69) is 11.6 Å². The summed E-state index contributed by atoms with van der Waals surface area (Å²) in [6, 6.07) is 0.153. The fourth-order valence-corrected chi connectivity index (χ4v) is 1.75. The summed E-state index contributed by atoms with van der Waals surface area (Å²) in [7, 11) is 1.41. The third-order valence-corrected chi connectivity index (χ3v) is 3.01. The zero-order valence-corrected chi connectivity index (χ0v) is 12.4. The van der Waals surface area contributed by atoms with Crippen LogP contribution < -0.4 is 0 Å². The van der Waals surface area contributed by atoms with Crippen molar-refractivity contribution in [2.75, 3.05) is 13.7 Å². The Balaban J connectivity index is 2.55. The molecule has 0 radical (unpaired) electrons. The molecule has 1 aromatic rings. The molecule has 1 aromatic heterocycles.